The molecule has 2 aromatic carbocycles. The van der Waals surface area contributed by atoms with E-state index in [4.69, 9.17) is 0 Å². The van der Waals surface area contributed by atoms with Gasteiger partial charge in [-0.1, -0.05) is 32.0 Å². The molecule has 2 aromatic rings. The van der Waals surface area contributed by atoms with Gasteiger partial charge < -0.3 is 10.2 Å². The normalized spacial score (nSPS) is 17.1. The summed E-state index contributed by atoms with van der Waals surface area (Å²) in [5.74, 6) is -0.639. The third-order valence-electron chi connectivity index (χ3n) is 5.38. The van der Waals surface area contributed by atoms with Crippen LogP contribution in [-0.2, 0) is 10.0 Å². The van der Waals surface area contributed by atoms with E-state index in [1.54, 1.807) is 24.3 Å². The van der Waals surface area contributed by atoms with Gasteiger partial charge in [0.25, 0.3) is 5.91 Å². The van der Waals surface area contributed by atoms with Gasteiger partial charge in [-0.3, -0.25) is 4.79 Å². The summed E-state index contributed by atoms with van der Waals surface area (Å²) in [4.78, 5) is 15.1. The lowest BCUT2D eigenvalue weighted by molar-refractivity contribution is 0.0925. The zero-order chi connectivity index (χ0) is 21.9. The molecule has 1 fully saturated rings. The first-order valence-electron chi connectivity index (χ1n) is 10.0. The van der Waals surface area contributed by atoms with E-state index in [9.17, 15) is 17.6 Å². The molecule has 3 rings (SSSR count). The standard InChI is InChI=1S/C22H28FN3O3S/c1-16(2)21(17-7-9-19(23)10-8-17)24-22(27)18-5-4-6-20(15-18)30(28,29)26-13-11-25(3)12-14-26/h4-10,15-16,21H,11-14H2,1-3H3,(H,24,27). The minimum atomic E-state index is -3.66. The summed E-state index contributed by atoms with van der Waals surface area (Å²) in [6.07, 6.45) is 0. The number of carbonyl (C=O) groups excluding carboxylic acids is 1. The SMILES string of the molecule is CC(C)C(NC(=O)c1cccc(S(=O)(=O)N2CCN(C)CC2)c1)c1ccc(F)cc1. The van der Waals surface area contributed by atoms with Crippen molar-refractivity contribution in [1.82, 2.24) is 14.5 Å². The Morgan fingerprint density at radius 3 is 2.27 bits per heavy atom. The van der Waals surface area contributed by atoms with Gasteiger partial charge in [0.2, 0.25) is 10.0 Å². The van der Waals surface area contributed by atoms with Gasteiger partial charge in [-0.2, -0.15) is 4.31 Å². The smallest absolute Gasteiger partial charge is 0.251 e. The van der Waals surface area contributed by atoms with Crippen LogP contribution in [0.15, 0.2) is 53.4 Å². The van der Waals surface area contributed by atoms with Gasteiger partial charge in [0.05, 0.1) is 10.9 Å². The lowest BCUT2D eigenvalue weighted by atomic mass is 9.95. The van der Waals surface area contributed by atoms with Crippen LogP contribution in [0, 0.1) is 11.7 Å². The van der Waals surface area contributed by atoms with Crippen LogP contribution in [0.2, 0.25) is 0 Å². The maximum Gasteiger partial charge on any atom is 0.251 e. The first-order valence-corrected chi connectivity index (χ1v) is 11.5. The fraction of sp³-hybridized carbons (Fsp3) is 0.409. The van der Waals surface area contributed by atoms with Crippen molar-refractivity contribution in [1.29, 1.82) is 0 Å². The number of amides is 1. The number of rotatable bonds is 6. The molecule has 1 heterocycles. The predicted octanol–water partition coefficient (Wildman–Crippen LogP) is 2.89. The van der Waals surface area contributed by atoms with Gasteiger partial charge in [0, 0.05) is 31.7 Å². The topological polar surface area (TPSA) is 69.7 Å². The van der Waals surface area contributed by atoms with E-state index in [1.807, 2.05) is 20.9 Å². The molecule has 1 aliphatic rings. The summed E-state index contributed by atoms with van der Waals surface area (Å²) >= 11 is 0. The van der Waals surface area contributed by atoms with Gasteiger partial charge in [0.15, 0.2) is 0 Å². The third kappa shape index (κ3) is 5.06. The maximum absolute atomic E-state index is 13.3. The molecule has 1 saturated heterocycles. The zero-order valence-electron chi connectivity index (χ0n) is 17.5. The van der Waals surface area contributed by atoms with Crippen molar-refractivity contribution in [3.8, 4) is 0 Å². The number of sulfonamides is 1. The predicted molar refractivity (Wildman–Crippen MR) is 114 cm³/mol. The Kier molecular flexibility index (Phi) is 6.90. The quantitative estimate of drug-likeness (QED) is 0.761. The first-order chi connectivity index (χ1) is 14.2. The summed E-state index contributed by atoms with van der Waals surface area (Å²) in [6.45, 7) is 6.12. The van der Waals surface area contributed by atoms with Crippen LogP contribution >= 0.6 is 0 Å². The molecule has 1 amide bonds. The van der Waals surface area contributed by atoms with Crippen molar-refractivity contribution in [3.05, 3.63) is 65.5 Å². The van der Waals surface area contributed by atoms with Gasteiger partial charge in [0.1, 0.15) is 5.82 Å². The number of piperazine rings is 1. The van der Waals surface area contributed by atoms with Crippen molar-refractivity contribution in [2.75, 3.05) is 33.2 Å². The summed E-state index contributed by atoms with van der Waals surface area (Å²) in [5, 5.41) is 2.96. The fourth-order valence-corrected chi connectivity index (χ4v) is 4.97. The Bertz CT molecular complexity index is 985. The molecule has 0 aromatic heterocycles. The summed E-state index contributed by atoms with van der Waals surface area (Å²) < 4.78 is 40.7. The average Bonchev–Trinajstić information content (AvgIpc) is 2.73. The Balaban J connectivity index is 1.80. The zero-order valence-corrected chi connectivity index (χ0v) is 18.3. The molecule has 0 spiro atoms. The van der Waals surface area contributed by atoms with Crippen LogP contribution in [0.4, 0.5) is 4.39 Å². The molecule has 30 heavy (non-hydrogen) atoms. The highest BCUT2D eigenvalue weighted by Crippen LogP contribution is 2.24. The van der Waals surface area contributed by atoms with Gasteiger partial charge >= 0.3 is 0 Å². The fourth-order valence-electron chi connectivity index (χ4n) is 3.50. The first kappa shape index (κ1) is 22.4. The molecule has 8 heteroatoms. The summed E-state index contributed by atoms with van der Waals surface area (Å²) in [6, 6.07) is 11.8. The number of benzene rings is 2. The molecule has 162 valence electrons. The second-order valence-corrected chi connectivity index (χ2v) is 9.92. The number of hydrogen-bond acceptors (Lipinski definition) is 4. The van der Waals surface area contributed by atoms with Gasteiger partial charge in [-0.05, 0) is 48.9 Å². The molecular formula is C22H28FN3O3S. The number of likely N-dealkylation sites (N-methyl/N-ethyl adjacent to an activating group) is 1. The van der Waals surface area contributed by atoms with Crippen LogP contribution in [0.5, 0.6) is 0 Å². The lowest BCUT2D eigenvalue weighted by Gasteiger charge is -2.31. The summed E-state index contributed by atoms with van der Waals surface area (Å²) in [7, 11) is -1.70. The molecule has 6 nitrogen and oxygen atoms in total. The Labute approximate surface area is 177 Å². The van der Waals surface area contributed by atoms with Crippen molar-refractivity contribution < 1.29 is 17.6 Å². The van der Waals surface area contributed by atoms with E-state index in [0.29, 0.717) is 26.2 Å². The van der Waals surface area contributed by atoms with Crippen LogP contribution in [0.3, 0.4) is 0 Å². The lowest BCUT2D eigenvalue weighted by Crippen LogP contribution is -2.47. The number of halogens is 1. The molecule has 1 atom stereocenters. The van der Waals surface area contributed by atoms with Crippen molar-refractivity contribution in [2.24, 2.45) is 5.92 Å². The molecule has 0 aliphatic carbocycles. The third-order valence-corrected chi connectivity index (χ3v) is 7.27. The van der Waals surface area contributed by atoms with E-state index in [-0.39, 0.29) is 34.1 Å². The Morgan fingerprint density at radius 1 is 1.03 bits per heavy atom. The monoisotopic (exact) mass is 433 g/mol. The number of carbonyl (C=O) groups is 1. The molecule has 1 unspecified atom stereocenters. The van der Waals surface area contributed by atoms with Gasteiger partial charge in [-0.15, -0.1) is 0 Å². The maximum atomic E-state index is 13.3. The van der Waals surface area contributed by atoms with E-state index < -0.39 is 10.0 Å². The molecule has 1 aliphatic heterocycles. The molecule has 1 N–H and O–H groups in total. The highest BCUT2D eigenvalue weighted by atomic mass is 32.2. The molecular weight excluding hydrogens is 405 g/mol. The largest absolute Gasteiger partial charge is 0.345 e. The van der Waals surface area contributed by atoms with Crippen LogP contribution in [0.1, 0.15) is 35.8 Å². The van der Waals surface area contributed by atoms with E-state index in [1.165, 1.54) is 28.6 Å². The Hall–Kier alpha value is -2.29. The Morgan fingerprint density at radius 2 is 1.67 bits per heavy atom. The number of hydrogen-bond donors (Lipinski definition) is 1. The van der Waals surface area contributed by atoms with E-state index >= 15 is 0 Å². The number of nitrogens with zero attached hydrogens (tertiary/aromatic N) is 2. The van der Waals surface area contributed by atoms with Crippen LogP contribution in [-0.4, -0.2) is 56.8 Å². The van der Waals surface area contributed by atoms with Crippen molar-refractivity contribution in [3.63, 3.8) is 0 Å². The second-order valence-electron chi connectivity index (χ2n) is 7.98. The number of nitrogens with one attached hydrogen (secondary N) is 1. The summed E-state index contributed by atoms with van der Waals surface area (Å²) in [5.41, 5.74) is 1.07. The second kappa shape index (κ2) is 9.24. The highest BCUT2D eigenvalue weighted by Gasteiger charge is 2.28. The van der Waals surface area contributed by atoms with Crippen LogP contribution in [0.25, 0.3) is 0 Å². The molecule has 0 saturated carbocycles. The highest BCUT2D eigenvalue weighted by molar-refractivity contribution is 7.89. The van der Waals surface area contributed by atoms with Crippen LogP contribution < -0.4 is 5.32 Å². The molecule has 0 bridgehead atoms. The average molecular weight is 434 g/mol. The van der Waals surface area contributed by atoms with Crippen molar-refractivity contribution in [2.45, 2.75) is 24.8 Å². The van der Waals surface area contributed by atoms with Crippen molar-refractivity contribution >= 4 is 15.9 Å². The van der Waals surface area contributed by atoms with E-state index in [0.717, 1.165) is 5.56 Å². The minimum Gasteiger partial charge on any atom is -0.345 e. The van der Waals surface area contributed by atoms with E-state index in [2.05, 4.69) is 10.2 Å². The van der Waals surface area contributed by atoms with Gasteiger partial charge in [-0.25, -0.2) is 12.8 Å². The minimum absolute atomic E-state index is 0.0664. The molecule has 0 radical (unpaired) electrons.